The van der Waals surface area contributed by atoms with Gasteiger partial charge < -0.3 is 0 Å². The third kappa shape index (κ3) is 0.217. The molecule has 4 saturated carbocycles. The summed E-state index contributed by atoms with van der Waals surface area (Å²) in [7, 11) is 0. The molecular formula is C9H10O. The number of fused-ring (bicyclic) bond motifs is 3. The second kappa shape index (κ2) is 0.992. The lowest BCUT2D eigenvalue weighted by molar-refractivity contribution is -0.157. The van der Waals surface area contributed by atoms with E-state index in [0.717, 1.165) is 23.7 Å². The van der Waals surface area contributed by atoms with E-state index in [2.05, 4.69) is 0 Å². The number of hydrogen-bond acceptors (Lipinski definition) is 1. The lowest BCUT2D eigenvalue weighted by Crippen LogP contribution is -2.58. The predicted octanol–water partition coefficient (Wildman–Crippen LogP) is 1.09. The Bertz CT molecular complexity index is 230. The normalized spacial score (nSPS) is 73.4. The van der Waals surface area contributed by atoms with Crippen molar-refractivity contribution in [2.45, 2.75) is 12.8 Å². The molecule has 0 amide bonds. The fourth-order valence-corrected chi connectivity index (χ4v) is 4.35. The minimum absolute atomic E-state index is 0.560. The Hall–Kier alpha value is -0.330. The van der Waals surface area contributed by atoms with Gasteiger partial charge in [-0.15, -0.1) is 0 Å². The second-order valence-electron chi connectivity index (χ2n) is 4.57. The number of ketones is 1. The molecule has 0 aromatic heterocycles. The van der Waals surface area contributed by atoms with Crippen LogP contribution in [0.3, 0.4) is 0 Å². The van der Waals surface area contributed by atoms with E-state index < -0.39 is 0 Å². The Balaban J connectivity index is 1.99. The zero-order valence-corrected chi connectivity index (χ0v) is 5.79. The molecule has 0 spiro atoms. The summed E-state index contributed by atoms with van der Waals surface area (Å²) in [5.74, 6) is 5.52. The SMILES string of the molecule is O=C1C2[C@@H]3[C@H]4C[C@@H]3[C@@H]2C[C@@H]14. The Morgan fingerprint density at radius 2 is 2.00 bits per heavy atom. The van der Waals surface area contributed by atoms with Gasteiger partial charge in [-0.1, -0.05) is 0 Å². The first-order valence-electron chi connectivity index (χ1n) is 4.41. The maximum Gasteiger partial charge on any atom is 0.139 e. The van der Waals surface area contributed by atoms with Gasteiger partial charge in [0, 0.05) is 11.8 Å². The summed E-state index contributed by atoms with van der Waals surface area (Å²) in [6.45, 7) is 0. The number of rotatable bonds is 0. The Morgan fingerprint density at radius 1 is 1.10 bits per heavy atom. The lowest BCUT2D eigenvalue weighted by Gasteiger charge is -2.62. The molecule has 1 heteroatoms. The van der Waals surface area contributed by atoms with Crippen LogP contribution in [0.5, 0.6) is 0 Å². The van der Waals surface area contributed by atoms with Crippen LogP contribution < -0.4 is 0 Å². The highest BCUT2D eigenvalue weighted by Gasteiger charge is 2.75. The first kappa shape index (κ1) is 4.53. The Labute approximate surface area is 59.8 Å². The van der Waals surface area contributed by atoms with Crippen LogP contribution in [0.1, 0.15) is 12.8 Å². The van der Waals surface area contributed by atoms with Gasteiger partial charge >= 0.3 is 0 Å². The van der Waals surface area contributed by atoms with Gasteiger partial charge in [0.25, 0.3) is 0 Å². The molecule has 0 aromatic rings. The van der Waals surface area contributed by atoms with Gasteiger partial charge in [0.15, 0.2) is 0 Å². The Kier molecular flexibility index (Phi) is 0.449. The van der Waals surface area contributed by atoms with Crippen LogP contribution in [0.15, 0.2) is 0 Å². The molecule has 0 aliphatic heterocycles. The van der Waals surface area contributed by atoms with Crippen molar-refractivity contribution in [3.8, 4) is 0 Å². The molecule has 0 radical (unpaired) electrons. The highest BCUT2D eigenvalue weighted by atomic mass is 16.1. The smallest absolute Gasteiger partial charge is 0.139 e. The Morgan fingerprint density at radius 3 is 2.40 bits per heavy atom. The van der Waals surface area contributed by atoms with Crippen molar-refractivity contribution >= 4 is 5.78 Å². The summed E-state index contributed by atoms with van der Waals surface area (Å²) >= 11 is 0. The van der Waals surface area contributed by atoms with Crippen molar-refractivity contribution in [1.82, 2.24) is 0 Å². The van der Waals surface area contributed by atoms with Crippen molar-refractivity contribution in [1.29, 1.82) is 0 Å². The van der Waals surface area contributed by atoms with Gasteiger partial charge in [-0.25, -0.2) is 0 Å². The minimum atomic E-state index is 0.560. The summed E-state index contributed by atoms with van der Waals surface area (Å²) < 4.78 is 0. The summed E-state index contributed by atoms with van der Waals surface area (Å²) in [5, 5.41) is 0. The van der Waals surface area contributed by atoms with E-state index in [1.165, 1.54) is 12.8 Å². The molecule has 4 aliphatic carbocycles. The summed E-state index contributed by atoms with van der Waals surface area (Å²) in [6, 6.07) is 0. The van der Waals surface area contributed by atoms with E-state index >= 15 is 0 Å². The molecule has 4 rings (SSSR count). The van der Waals surface area contributed by atoms with Gasteiger partial charge in [-0.2, -0.15) is 0 Å². The van der Waals surface area contributed by atoms with Crippen LogP contribution in [0.4, 0.5) is 0 Å². The van der Waals surface area contributed by atoms with E-state index in [0.29, 0.717) is 17.6 Å². The molecule has 2 bridgehead atoms. The van der Waals surface area contributed by atoms with Crippen LogP contribution in [0.2, 0.25) is 0 Å². The van der Waals surface area contributed by atoms with Crippen LogP contribution >= 0.6 is 0 Å². The number of carbonyl (C=O) groups excluding carboxylic acids is 1. The molecule has 0 heterocycles. The summed E-state index contributed by atoms with van der Waals surface area (Å²) in [5.41, 5.74) is 0. The zero-order valence-electron chi connectivity index (χ0n) is 5.79. The topological polar surface area (TPSA) is 17.1 Å². The highest BCUT2D eigenvalue weighted by molar-refractivity contribution is 5.91. The van der Waals surface area contributed by atoms with E-state index in [1.807, 2.05) is 0 Å². The van der Waals surface area contributed by atoms with E-state index in [1.54, 1.807) is 0 Å². The number of carbonyl (C=O) groups is 1. The highest BCUT2D eigenvalue weighted by Crippen LogP contribution is 2.76. The molecule has 10 heavy (non-hydrogen) atoms. The van der Waals surface area contributed by atoms with Crippen molar-refractivity contribution in [2.75, 3.05) is 0 Å². The molecule has 0 N–H and O–H groups in total. The van der Waals surface area contributed by atoms with Crippen molar-refractivity contribution in [2.24, 2.45) is 35.5 Å². The van der Waals surface area contributed by atoms with E-state index in [-0.39, 0.29) is 0 Å². The first-order valence-corrected chi connectivity index (χ1v) is 4.41. The largest absolute Gasteiger partial charge is 0.299 e. The molecule has 4 aliphatic rings. The average molecular weight is 134 g/mol. The molecule has 1 nitrogen and oxygen atoms in total. The van der Waals surface area contributed by atoms with Crippen LogP contribution in [-0.4, -0.2) is 5.78 Å². The van der Waals surface area contributed by atoms with Crippen LogP contribution in [-0.2, 0) is 4.79 Å². The average Bonchev–Trinajstić information content (AvgIpc) is 2.20. The fraction of sp³-hybridized carbons (Fsp3) is 0.889. The standard InChI is InChI=1S/C9H10O/c10-9-6-2-4-3-1-5(6)7(3)8(4)9/h3-8H,1-2H2/t3-,4+,5+,6-,7+,8?/m1/s1. The van der Waals surface area contributed by atoms with Crippen molar-refractivity contribution in [3.63, 3.8) is 0 Å². The molecule has 4 fully saturated rings. The number of hydrogen-bond donors (Lipinski definition) is 0. The van der Waals surface area contributed by atoms with Gasteiger partial charge in [-0.3, -0.25) is 4.79 Å². The van der Waals surface area contributed by atoms with Crippen molar-refractivity contribution < 1.29 is 4.79 Å². The number of Topliss-reactive ketones (excluding diaryl/α,β-unsaturated/α-hetero) is 1. The van der Waals surface area contributed by atoms with Crippen molar-refractivity contribution in [3.05, 3.63) is 0 Å². The molecule has 1 unspecified atom stereocenters. The third-order valence-corrected chi connectivity index (χ3v) is 4.70. The first-order chi connectivity index (χ1) is 4.88. The van der Waals surface area contributed by atoms with Gasteiger partial charge in [0.05, 0.1) is 0 Å². The van der Waals surface area contributed by atoms with E-state index in [9.17, 15) is 4.79 Å². The third-order valence-electron chi connectivity index (χ3n) is 4.70. The van der Waals surface area contributed by atoms with Crippen LogP contribution in [0, 0.1) is 35.5 Å². The van der Waals surface area contributed by atoms with E-state index in [4.69, 9.17) is 0 Å². The zero-order chi connectivity index (χ0) is 6.46. The molecule has 6 atom stereocenters. The second-order valence-corrected chi connectivity index (χ2v) is 4.57. The van der Waals surface area contributed by atoms with Gasteiger partial charge in [-0.05, 0) is 36.5 Å². The molecule has 0 aromatic carbocycles. The molecule has 52 valence electrons. The monoisotopic (exact) mass is 134 g/mol. The summed E-state index contributed by atoms with van der Waals surface area (Å²) in [4.78, 5) is 11.4. The fourth-order valence-electron chi connectivity index (χ4n) is 4.35. The lowest BCUT2D eigenvalue weighted by atomic mass is 9.41. The molecular weight excluding hydrogens is 124 g/mol. The maximum absolute atomic E-state index is 11.4. The summed E-state index contributed by atoms with van der Waals surface area (Å²) in [6.07, 6.45) is 2.71. The minimum Gasteiger partial charge on any atom is -0.299 e. The quantitative estimate of drug-likeness (QED) is 0.484. The molecule has 0 saturated heterocycles. The van der Waals surface area contributed by atoms with Crippen LogP contribution in [0.25, 0.3) is 0 Å². The van der Waals surface area contributed by atoms with Gasteiger partial charge in [0.1, 0.15) is 5.78 Å². The van der Waals surface area contributed by atoms with Gasteiger partial charge in [0.2, 0.25) is 0 Å². The maximum atomic E-state index is 11.4. The predicted molar refractivity (Wildman–Crippen MR) is 35.2 cm³/mol.